The van der Waals surface area contributed by atoms with Crippen molar-refractivity contribution in [2.45, 2.75) is 83.5 Å². The minimum Gasteiger partial charge on any atom is -0.466 e. The number of carbonyl (C=O) groups is 6. The molecule has 2 aliphatic heterocycles. The second kappa shape index (κ2) is 11.0. The van der Waals surface area contributed by atoms with Gasteiger partial charge >= 0.3 is 29.8 Å². The number of aliphatic hydroxyl groups excluding tert-OH is 1. The van der Waals surface area contributed by atoms with E-state index in [1.807, 2.05) is 6.92 Å². The number of esters is 5. The van der Waals surface area contributed by atoms with E-state index in [1.54, 1.807) is 0 Å². The number of ketones is 1. The fourth-order valence-electron chi connectivity index (χ4n) is 12.7. The normalized spacial score (nSPS) is 47.3. The number of methoxy groups -OCH3 is 1. The van der Waals surface area contributed by atoms with Crippen molar-refractivity contribution in [1.82, 2.24) is 0 Å². The van der Waals surface area contributed by atoms with Crippen molar-refractivity contribution in [2.75, 3.05) is 26.9 Å². The van der Waals surface area contributed by atoms with E-state index >= 15 is 0 Å². The molecule has 0 saturated heterocycles. The summed E-state index contributed by atoms with van der Waals surface area (Å²) in [7, 11) is 1.22. The Morgan fingerprint density at radius 1 is 0.925 bits per heavy atom. The first-order chi connectivity index (χ1) is 25.1. The predicted octanol–water partition coefficient (Wildman–Crippen LogP) is 2.38. The highest BCUT2D eigenvalue weighted by atomic mass is 16.6. The zero-order valence-corrected chi connectivity index (χ0v) is 30.4. The first-order valence-corrected chi connectivity index (χ1v) is 18.6. The van der Waals surface area contributed by atoms with Crippen molar-refractivity contribution in [3.63, 3.8) is 0 Å². The Balaban J connectivity index is 1.27. The van der Waals surface area contributed by atoms with Gasteiger partial charge in [-0.3, -0.25) is 14.4 Å². The van der Waals surface area contributed by atoms with E-state index in [-0.39, 0.29) is 78.4 Å². The number of ether oxygens (including phenoxy) is 5. The van der Waals surface area contributed by atoms with Gasteiger partial charge in [0.1, 0.15) is 37.1 Å². The second-order valence-corrected chi connectivity index (χ2v) is 17.2. The monoisotopic (exact) mass is 732 g/mol. The van der Waals surface area contributed by atoms with E-state index in [0.717, 1.165) is 17.6 Å². The molecule has 0 unspecified atom stereocenters. The summed E-state index contributed by atoms with van der Waals surface area (Å²) in [5.41, 5.74) is -1.89. The maximum Gasteiger partial charge on any atom is 0.338 e. The Kier molecular flexibility index (Phi) is 7.19. The van der Waals surface area contributed by atoms with Gasteiger partial charge in [-0.25, -0.2) is 14.4 Å². The number of allylic oxidation sites excluding steroid dienone is 1. The Labute approximate surface area is 305 Å². The molecule has 9 aliphatic rings. The van der Waals surface area contributed by atoms with Crippen LogP contribution >= 0.6 is 0 Å². The Morgan fingerprint density at radius 3 is 2.36 bits per heavy atom. The third-order valence-electron chi connectivity index (χ3n) is 15.2. The van der Waals surface area contributed by atoms with Crippen LogP contribution in [0.5, 0.6) is 0 Å². The lowest BCUT2D eigenvalue weighted by atomic mass is 9.42. The molecule has 0 aromatic rings. The number of cyclic esters (lactones) is 3. The van der Waals surface area contributed by atoms with Crippen LogP contribution in [-0.4, -0.2) is 90.1 Å². The van der Waals surface area contributed by atoms with Crippen LogP contribution in [0.1, 0.15) is 66.2 Å². The van der Waals surface area contributed by atoms with Crippen molar-refractivity contribution in [3.05, 3.63) is 45.1 Å². The van der Waals surface area contributed by atoms with E-state index in [9.17, 15) is 39.0 Å². The number of hydrogen-bond donors (Lipinski definition) is 2. The van der Waals surface area contributed by atoms with Gasteiger partial charge in [0.25, 0.3) is 0 Å². The molecule has 2 bridgehead atoms. The highest BCUT2D eigenvalue weighted by molar-refractivity contribution is 6.09. The largest absolute Gasteiger partial charge is 0.466 e. The van der Waals surface area contributed by atoms with E-state index in [1.165, 1.54) is 27.0 Å². The zero-order chi connectivity index (χ0) is 37.7. The summed E-state index contributed by atoms with van der Waals surface area (Å²) in [5.74, 6) is -6.28. The maximum absolute atomic E-state index is 14.6. The third kappa shape index (κ3) is 4.21. The van der Waals surface area contributed by atoms with Crippen LogP contribution in [0.15, 0.2) is 45.1 Å². The summed E-state index contributed by atoms with van der Waals surface area (Å²) in [4.78, 5) is 80.8. The molecule has 2 heterocycles. The van der Waals surface area contributed by atoms with Crippen molar-refractivity contribution < 1.29 is 62.7 Å². The molecular formula is C40H44O13. The van der Waals surface area contributed by atoms with Gasteiger partial charge in [0, 0.05) is 34.0 Å². The predicted molar refractivity (Wildman–Crippen MR) is 179 cm³/mol. The molecule has 282 valence electrons. The number of carbonyl (C=O) groups excluding carboxylic acids is 6. The first kappa shape index (κ1) is 34.7. The van der Waals surface area contributed by atoms with Crippen LogP contribution in [0, 0.1) is 52.3 Å². The van der Waals surface area contributed by atoms with Crippen LogP contribution in [0.4, 0.5) is 0 Å². The molecule has 0 aromatic carbocycles. The quantitative estimate of drug-likeness (QED) is 0.173. The second-order valence-electron chi connectivity index (χ2n) is 17.2. The van der Waals surface area contributed by atoms with Crippen LogP contribution in [-0.2, 0) is 52.5 Å². The van der Waals surface area contributed by atoms with Crippen molar-refractivity contribution in [2.24, 2.45) is 52.3 Å². The van der Waals surface area contributed by atoms with Gasteiger partial charge in [-0.1, -0.05) is 19.4 Å². The van der Waals surface area contributed by atoms with Crippen LogP contribution < -0.4 is 0 Å². The fourth-order valence-corrected chi connectivity index (χ4v) is 12.7. The molecule has 5 saturated carbocycles. The lowest BCUT2D eigenvalue weighted by molar-refractivity contribution is -0.191. The lowest BCUT2D eigenvalue weighted by Crippen LogP contribution is -2.67. The van der Waals surface area contributed by atoms with Gasteiger partial charge in [-0.2, -0.15) is 0 Å². The fraction of sp³-hybridized carbons (Fsp3) is 0.650. The van der Waals surface area contributed by atoms with Gasteiger partial charge in [0.2, 0.25) is 0 Å². The highest BCUT2D eigenvalue weighted by Crippen LogP contribution is 2.83. The molecule has 0 aromatic heterocycles. The smallest absolute Gasteiger partial charge is 0.338 e. The SMILES string of the molecule is COC(=O)/C(C)=C1\C(=O)[C@H](O)[C@]2(C)C3=C(C[C@@H]4[C@]5(OC(=O)C6=C5C[C@H]5[C@](O)(COC(=O)/C(C)=C\COC(=O)CCC(=O)OC6)[C@H]6C[C@H]6[C@]45C)[C@H]31)[C@H]1C[C@H]12. The lowest BCUT2D eigenvalue weighted by Gasteiger charge is -2.63. The standard InChI is InChI=1S/C40H44O13/c1-16-8-9-50-27(41)6-7-28(42)51-14-20-22-13-25-37(3,23-12-24(23)39(25,48)15-52-34(16)45)26-11-19-18-10-21(18)38(4)30(19)31(40(22,26)53-36(20)47)29(32(43)33(38)44)17(2)35(46)49-5/h8,18,21,23-26,31,33,44,48H,6-7,9-15H2,1-5H3/b16-8-,29-17-/t18-,21-,23-,24+,25-,26+,31+,33+,37+,38+,39+,40+/m1/s1. The molecule has 1 spiro atoms. The first-order valence-electron chi connectivity index (χ1n) is 18.6. The van der Waals surface area contributed by atoms with Crippen molar-refractivity contribution >= 4 is 35.6 Å². The highest BCUT2D eigenvalue weighted by Gasteiger charge is 2.84. The topological polar surface area (TPSA) is 189 Å². The average Bonchev–Trinajstić information content (AvgIpc) is 4.05. The molecule has 13 nitrogen and oxygen atoms in total. The van der Waals surface area contributed by atoms with Crippen LogP contribution in [0.25, 0.3) is 0 Å². The number of fused-ring (bicyclic) bond motifs is 7. The Morgan fingerprint density at radius 2 is 1.64 bits per heavy atom. The van der Waals surface area contributed by atoms with Crippen LogP contribution in [0.2, 0.25) is 0 Å². The van der Waals surface area contributed by atoms with E-state index in [2.05, 4.69) is 6.92 Å². The number of hydrogen-bond acceptors (Lipinski definition) is 13. The summed E-state index contributed by atoms with van der Waals surface area (Å²) in [6.45, 7) is 6.06. The summed E-state index contributed by atoms with van der Waals surface area (Å²) >= 11 is 0. The van der Waals surface area contributed by atoms with E-state index in [0.29, 0.717) is 18.4 Å². The molecule has 0 amide bonds. The molecule has 9 rings (SSSR count). The summed E-state index contributed by atoms with van der Waals surface area (Å²) in [6, 6.07) is 0. The minimum atomic E-state index is -1.51. The molecule has 12 atom stereocenters. The van der Waals surface area contributed by atoms with Crippen molar-refractivity contribution in [1.29, 1.82) is 0 Å². The number of Topliss-reactive ketones (excluding diaryl/α,β-unsaturated/α-hetero) is 1. The van der Waals surface area contributed by atoms with Gasteiger partial charge in [-0.05, 0) is 85.8 Å². The molecule has 7 aliphatic carbocycles. The van der Waals surface area contributed by atoms with Gasteiger partial charge < -0.3 is 33.9 Å². The molecular weight excluding hydrogens is 688 g/mol. The summed E-state index contributed by atoms with van der Waals surface area (Å²) < 4.78 is 28.4. The summed E-state index contributed by atoms with van der Waals surface area (Å²) in [6.07, 6.45) is 1.42. The van der Waals surface area contributed by atoms with Gasteiger partial charge in [-0.15, -0.1) is 0 Å². The summed E-state index contributed by atoms with van der Waals surface area (Å²) in [5, 5.41) is 24.6. The molecule has 13 heteroatoms. The van der Waals surface area contributed by atoms with Crippen LogP contribution in [0.3, 0.4) is 0 Å². The third-order valence-corrected chi connectivity index (χ3v) is 15.2. The molecule has 0 radical (unpaired) electrons. The van der Waals surface area contributed by atoms with E-state index in [4.69, 9.17) is 23.7 Å². The number of rotatable bonds is 1. The molecule has 53 heavy (non-hydrogen) atoms. The van der Waals surface area contributed by atoms with E-state index < -0.39 is 88.1 Å². The Hall–Kier alpha value is -4.10. The van der Waals surface area contributed by atoms with Crippen molar-refractivity contribution in [3.8, 4) is 0 Å². The number of aliphatic hydroxyl groups is 2. The molecule has 2 N–H and O–H groups in total. The molecule has 5 fully saturated rings. The van der Waals surface area contributed by atoms with Gasteiger partial charge in [0.15, 0.2) is 5.78 Å². The van der Waals surface area contributed by atoms with Gasteiger partial charge in [0.05, 0.1) is 31.4 Å². The zero-order valence-electron chi connectivity index (χ0n) is 30.4. The maximum atomic E-state index is 14.6. The minimum absolute atomic E-state index is 0.00160. The Bertz CT molecular complexity index is 1970. The average molecular weight is 733 g/mol.